The number of benzene rings is 1. The second kappa shape index (κ2) is 5.80. The fourth-order valence-corrected chi connectivity index (χ4v) is 6.41. The maximum absolute atomic E-state index is 13.0. The molecular weight excluding hydrogens is 370 g/mol. The first-order chi connectivity index (χ1) is 11.5. The van der Waals surface area contributed by atoms with Gasteiger partial charge in [0.05, 0.1) is 6.20 Å². The average Bonchev–Trinajstić information content (AvgIpc) is 3.18. The summed E-state index contributed by atoms with van der Waals surface area (Å²) in [6.45, 7) is 0.372. The van der Waals surface area contributed by atoms with Gasteiger partial charge < -0.3 is 5.32 Å². The number of hydrogen-bond acceptors (Lipinski definition) is 5. The lowest BCUT2D eigenvalue weighted by Gasteiger charge is -2.32. The van der Waals surface area contributed by atoms with Crippen LogP contribution in [0.5, 0.6) is 0 Å². The van der Waals surface area contributed by atoms with Crippen molar-refractivity contribution in [3.63, 3.8) is 0 Å². The van der Waals surface area contributed by atoms with Crippen LogP contribution in [0.25, 0.3) is 10.6 Å². The number of thiazole rings is 1. The normalized spacial score (nSPS) is 24.1. The van der Waals surface area contributed by atoms with Gasteiger partial charge in [-0.2, -0.15) is 4.31 Å². The Hall–Kier alpha value is -1.48. The van der Waals surface area contributed by atoms with E-state index < -0.39 is 16.1 Å². The molecule has 1 amide bonds. The first kappa shape index (κ1) is 16.0. The predicted molar refractivity (Wildman–Crippen MR) is 91.4 cm³/mol. The molecule has 0 saturated carbocycles. The number of fused-ring (bicyclic) bond motifs is 2. The van der Waals surface area contributed by atoms with Gasteiger partial charge in [-0.3, -0.25) is 4.79 Å². The number of amides is 1. The zero-order valence-electron chi connectivity index (χ0n) is 12.5. The molecule has 3 heterocycles. The molecule has 2 atom stereocenters. The SMILES string of the molecule is O=C1NCC2CCC1N2S(=O)(=O)c1cnc(-c2ccc(Cl)cc2)s1. The molecule has 2 saturated heterocycles. The molecule has 2 aromatic rings. The van der Waals surface area contributed by atoms with E-state index in [4.69, 9.17) is 11.6 Å². The van der Waals surface area contributed by atoms with Crippen molar-refractivity contribution in [2.45, 2.75) is 29.1 Å². The number of aromatic nitrogens is 1. The summed E-state index contributed by atoms with van der Waals surface area (Å²) in [4.78, 5) is 16.2. The molecule has 126 valence electrons. The molecule has 2 aliphatic rings. The van der Waals surface area contributed by atoms with Gasteiger partial charge in [0.15, 0.2) is 4.21 Å². The molecule has 9 heteroatoms. The standard InChI is InChI=1S/C15H14ClN3O3S2/c16-10-3-1-9(2-4-10)15-18-8-13(23-15)24(21,22)19-11-5-6-12(19)14(20)17-7-11/h1-4,8,11-12H,5-7H2,(H,17,20). The van der Waals surface area contributed by atoms with E-state index in [-0.39, 0.29) is 16.2 Å². The van der Waals surface area contributed by atoms with Gasteiger partial charge in [-0.15, -0.1) is 11.3 Å². The highest BCUT2D eigenvalue weighted by atomic mass is 35.5. The number of sulfonamides is 1. The zero-order chi connectivity index (χ0) is 16.9. The highest BCUT2D eigenvalue weighted by Gasteiger charge is 2.49. The fourth-order valence-electron chi connectivity index (χ4n) is 3.21. The van der Waals surface area contributed by atoms with Gasteiger partial charge in [0, 0.05) is 23.2 Å². The van der Waals surface area contributed by atoms with Crippen molar-refractivity contribution in [2.75, 3.05) is 6.54 Å². The molecule has 2 fully saturated rings. The summed E-state index contributed by atoms with van der Waals surface area (Å²) in [5, 5.41) is 3.98. The van der Waals surface area contributed by atoms with E-state index in [9.17, 15) is 13.2 Å². The fraction of sp³-hybridized carbons (Fsp3) is 0.333. The quantitative estimate of drug-likeness (QED) is 0.880. The smallest absolute Gasteiger partial charge is 0.255 e. The maximum atomic E-state index is 13.0. The first-order valence-corrected chi connectivity index (χ1v) is 10.1. The van der Waals surface area contributed by atoms with Crippen LogP contribution in [-0.4, -0.2) is 42.2 Å². The Bertz CT molecular complexity index is 895. The van der Waals surface area contributed by atoms with Crippen molar-refractivity contribution >= 4 is 38.9 Å². The third-order valence-electron chi connectivity index (χ3n) is 4.36. The van der Waals surface area contributed by atoms with Crippen molar-refractivity contribution in [3.05, 3.63) is 35.5 Å². The van der Waals surface area contributed by atoms with Gasteiger partial charge >= 0.3 is 0 Å². The Kier molecular flexibility index (Phi) is 3.87. The minimum absolute atomic E-state index is 0.166. The Labute approximate surface area is 148 Å². The van der Waals surface area contributed by atoms with Crippen LogP contribution in [0.1, 0.15) is 12.8 Å². The lowest BCUT2D eigenvalue weighted by Crippen LogP contribution is -2.57. The highest BCUT2D eigenvalue weighted by molar-refractivity contribution is 7.91. The van der Waals surface area contributed by atoms with Gasteiger partial charge in [0.1, 0.15) is 11.0 Å². The average molecular weight is 384 g/mol. The van der Waals surface area contributed by atoms with E-state index in [1.54, 1.807) is 24.3 Å². The second-order valence-electron chi connectivity index (χ2n) is 5.82. The largest absolute Gasteiger partial charge is 0.353 e. The minimum Gasteiger partial charge on any atom is -0.353 e. The summed E-state index contributed by atoms with van der Waals surface area (Å²) >= 11 is 6.98. The summed E-state index contributed by atoms with van der Waals surface area (Å²) in [7, 11) is -3.72. The Balaban J connectivity index is 1.68. The Morgan fingerprint density at radius 2 is 2.00 bits per heavy atom. The monoisotopic (exact) mass is 383 g/mol. The molecular formula is C15H14ClN3O3S2. The number of nitrogens with one attached hydrogen (secondary N) is 1. The summed E-state index contributed by atoms with van der Waals surface area (Å²) in [6, 6.07) is 6.31. The van der Waals surface area contributed by atoms with E-state index in [1.807, 2.05) is 0 Å². The van der Waals surface area contributed by atoms with E-state index in [0.717, 1.165) is 16.9 Å². The molecule has 4 rings (SSSR count). The number of piperazine rings is 1. The van der Waals surface area contributed by atoms with Crippen LogP contribution in [0.2, 0.25) is 5.02 Å². The third-order valence-corrected chi connectivity index (χ3v) is 8.06. The molecule has 2 unspecified atom stereocenters. The topological polar surface area (TPSA) is 79.4 Å². The Morgan fingerprint density at radius 1 is 1.25 bits per heavy atom. The van der Waals surface area contributed by atoms with Gasteiger partial charge in [0.25, 0.3) is 10.0 Å². The van der Waals surface area contributed by atoms with E-state index in [2.05, 4.69) is 10.3 Å². The highest BCUT2D eigenvalue weighted by Crippen LogP contribution is 2.36. The molecule has 2 aliphatic heterocycles. The first-order valence-electron chi connectivity index (χ1n) is 7.50. The molecule has 1 aromatic carbocycles. The lowest BCUT2D eigenvalue weighted by atomic mass is 10.2. The Morgan fingerprint density at radius 3 is 2.75 bits per heavy atom. The summed E-state index contributed by atoms with van der Waals surface area (Å²) < 4.78 is 27.5. The number of carbonyl (C=O) groups excluding carboxylic acids is 1. The minimum atomic E-state index is -3.72. The predicted octanol–water partition coefficient (Wildman–Crippen LogP) is 2.11. The number of carbonyl (C=O) groups is 1. The number of halogens is 1. The number of nitrogens with zero attached hydrogens (tertiary/aromatic N) is 2. The van der Waals surface area contributed by atoms with Gasteiger partial charge in [0.2, 0.25) is 5.91 Å². The van der Waals surface area contributed by atoms with Gasteiger partial charge in [-0.1, -0.05) is 23.7 Å². The second-order valence-corrected chi connectivity index (χ2v) is 9.36. The molecule has 0 spiro atoms. The van der Waals surface area contributed by atoms with Crippen LogP contribution in [0.4, 0.5) is 0 Å². The van der Waals surface area contributed by atoms with E-state index >= 15 is 0 Å². The van der Waals surface area contributed by atoms with Crippen LogP contribution >= 0.6 is 22.9 Å². The van der Waals surface area contributed by atoms with Crippen molar-refractivity contribution in [1.82, 2.24) is 14.6 Å². The van der Waals surface area contributed by atoms with E-state index in [1.165, 1.54) is 10.5 Å². The van der Waals surface area contributed by atoms with Crippen LogP contribution in [0, 0.1) is 0 Å². The molecule has 6 nitrogen and oxygen atoms in total. The lowest BCUT2D eigenvalue weighted by molar-refractivity contribution is -0.126. The van der Waals surface area contributed by atoms with Gasteiger partial charge in [-0.05, 0) is 25.0 Å². The molecule has 2 bridgehead atoms. The van der Waals surface area contributed by atoms with Crippen molar-refractivity contribution in [3.8, 4) is 10.6 Å². The maximum Gasteiger partial charge on any atom is 0.255 e. The van der Waals surface area contributed by atoms with Crippen molar-refractivity contribution in [2.24, 2.45) is 0 Å². The number of hydrogen-bond donors (Lipinski definition) is 1. The van der Waals surface area contributed by atoms with Crippen molar-refractivity contribution < 1.29 is 13.2 Å². The van der Waals surface area contributed by atoms with Gasteiger partial charge in [-0.25, -0.2) is 13.4 Å². The summed E-state index contributed by atoms with van der Waals surface area (Å²) in [5.74, 6) is -0.213. The van der Waals surface area contributed by atoms with Crippen LogP contribution in [-0.2, 0) is 14.8 Å². The van der Waals surface area contributed by atoms with Crippen molar-refractivity contribution in [1.29, 1.82) is 0 Å². The molecule has 0 radical (unpaired) electrons. The van der Waals surface area contributed by atoms with E-state index in [0.29, 0.717) is 29.4 Å². The van der Waals surface area contributed by atoms with Crippen LogP contribution < -0.4 is 5.32 Å². The number of rotatable bonds is 3. The van der Waals surface area contributed by atoms with Crippen LogP contribution in [0.3, 0.4) is 0 Å². The molecule has 0 aliphatic carbocycles. The third kappa shape index (κ3) is 2.54. The zero-order valence-corrected chi connectivity index (χ0v) is 14.9. The van der Waals surface area contributed by atoms with Crippen LogP contribution in [0.15, 0.2) is 34.7 Å². The summed E-state index contributed by atoms with van der Waals surface area (Å²) in [6.07, 6.45) is 2.64. The molecule has 1 N–H and O–H groups in total. The molecule has 24 heavy (non-hydrogen) atoms. The molecule has 1 aromatic heterocycles. The summed E-state index contributed by atoms with van der Waals surface area (Å²) in [5.41, 5.74) is 0.810.